The van der Waals surface area contributed by atoms with Crippen LogP contribution in [0.3, 0.4) is 0 Å². The third-order valence-corrected chi connectivity index (χ3v) is 14.7. The molecule has 6 unspecified atom stereocenters. The van der Waals surface area contributed by atoms with Gasteiger partial charge >= 0.3 is 23.9 Å². The zero-order valence-electron chi connectivity index (χ0n) is 51.5. The number of esters is 3. The molecule has 1 fully saturated rings. The second-order valence-corrected chi connectivity index (χ2v) is 22.4. The molecule has 0 amide bonds. The van der Waals surface area contributed by atoms with Crippen molar-refractivity contribution in [2.75, 3.05) is 13.2 Å². The molecule has 0 aliphatic carbocycles. The highest BCUT2D eigenvalue weighted by atomic mass is 16.7. The minimum atomic E-state index is -1.91. The van der Waals surface area contributed by atoms with Gasteiger partial charge in [0, 0.05) is 19.3 Å². The maximum atomic E-state index is 13.2. The van der Waals surface area contributed by atoms with Crippen LogP contribution >= 0.6 is 0 Å². The Morgan fingerprint density at radius 1 is 0.407 bits per heavy atom. The number of aliphatic carboxylic acids is 1. The van der Waals surface area contributed by atoms with Gasteiger partial charge in [-0.25, -0.2) is 4.79 Å². The maximum Gasteiger partial charge on any atom is 0.335 e. The molecule has 0 saturated carbocycles. The van der Waals surface area contributed by atoms with Gasteiger partial charge in [0.15, 0.2) is 24.6 Å². The van der Waals surface area contributed by atoms with Gasteiger partial charge in [-0.05, 0) is 116 Å². The summed E-state index contributed by atoms with van der Waals surface area (Å²) in [6.45, 7) is 5.94. The molecule has 0 bridgehead atoms. The van der Waals surface area contributed by atoms with Crippen LogP contribution < -0.4 is 0 Å². The zero-order valence-corrected chi connectivity index (χ0v) is 51.5. The summed E-state index contributed by atoms with van der Waals surface area (Å²) in [5.74, 6) is -3.14. The molecule has 12 nitrogen and oxygen atoms in total. The van der Waals surface area contributed by atoms with Gasteiger partial charge in [0.2, 0.25) is 0 Å². The van der Waals surface area contributed by atoms with E-state index in [9.17, 15) is 34.5 Å². The van der Waals surface area contributed by atoms with Crippen LogP contribution in [0.25, 0.3) is 0 Å². The fourth-order valence-corrected chi connectivity index (χ4v) is 9.64. The Morgan fingerprint density at radius 2 is 0.741 bits per heavy atom. The lowest BCUT2D eigenvalue weighted by molar-refractivity contribution is -0.301. The molecule has 1 heterocycles. The monoisotopic (exact) mass is 1140 g/mol. The van der Waals surface area contributed by atoms with Crippen LogP contribution in [-0.2, 0) is 42.9 Å². The lowest BCUT2D eigenvalue weighted by atomic mass is 9.98. The molecular weight excluding hydrogens is 1020 g/mol. The predicted octanol–water partition coefficient (Wildman–Crippen LogP) is 17.7. The summed E-state index contributed by atoms with van der Waals surface area (Å²) in [6.07, 6.45) is 59.9. The van der Waals surface area contributed by atoms with Crippen molar-refractivity contribution < 1.29 is 58.2 Å². The van der Waals surface area contributed by atoms with Crippen LogP contribution in [0.15, 0.2) is 72.9 Å². The number of hydrogen-bond donors (Lipinski definition) is 3. The molecule has 12 heteroatoms. The second-order valence-electron chi connectivity index (χ2n) is 22.4. The highest BCUT2D eigenvalue weighted by Crippen LogP contribution is 2.27. The molecule has 1 aliphatic heterocycles. The van der Waals surface area contributed by atoms with E-state index in [0.717, 1.165) is 128 Å². The van der Waals surface area contributed by atoms with E-state index in [-0.39, 0.29) is 25.9 Å². The molecule has 81 heavy (non-hydrogen) atoms. The number of ether oxygens (including phenoxy) is 5. The molecule has 1 aliphatic rings. The van der Waals surface area contributed by atoms with Gasteiger partial charge in [0.05, 0.1) is 6.61 Å². The molecule has 0 spiro atoms. The fourth-order valence-electron chi connectivity index (χ4n) is 9.64. The number of aliphatic hydroxyl groups is 2. The van der Waals surface area contributed by atoms with Crippen LogP contribution in [-0.4, -0.2) is 89.2 Å². The Bertz CT molecular complexity index is 1680. The molecule has 6 atom stereocenters. The van der Waals surface area contributed by atoms with Gasteiger partial charge in [-0.1, -0.05) is 229 Å². The van der Waals surface area contributed by atoms with Crippen LogP contribution in [0.2, 0.25) is 0 Å². The fraction of sp³-hybridized carbons (Fsp3) is 0.768. The summed E-state index contributed by atoms with van der Waals surface area (Å²) in [6, 6.07) is 0. The molecule has 1 rings (SSSR count). The molecule has 1 saturated heterocycles. The first kappa shape index (κ1) is 75.2. The first-order valence-electron chi connectivity index (χ1n) is 32.9. The molecule has 0 aromatic heterocycles. The Balaban J connectivity index is 2.65. The molecule has 0 radical (unpaired) electrons. The number of allylic oxidation sites excluding steroid dienone is 12. The van der Waals surface area contributed by atoms with E-state index in [2.05, 4.69) is 93.7 Å². The van der Waals surface area contributed by atoms with E-state index >= 15 is 0 Å². The van der Waals surface area contributed by atoms with Gasteiger partial charge in [-0.15, -0.1) is 0 Å². The van der Waals surface area contributed by atoms with E-state index in [1.165, 1.54) is 103 Å². The summed E-state index contributed by atoms with van der Waals surface area (Å²) < 4.78 is 28.5. The zero-order chi connectivity index (χ0) is 58.9. The smallest absolute Gasteiger partial charge is 0.335 e. The average Bonchev–Trinajstić information content (AvgIpc) is 3.45. The number of unbranched alkanes of at least 4 members (excludes halogenated alkanes) is 30. The summed E-state index contributed by atoms with van der Waals surface area (Å²) in [7, 11) is 0. The van der Waals surface area contributed by atoms with Gasteiger partial charge in [-0.3, -0.25) is 14.4 Å². The van der Waals surface area contributed by atoms with E-state index in [4.69, 9.17) is 23.7 Å². The lowest BCUT2D eigenvalue weighted by Crippen LogP contribution is -2.61. The first-order chi connectivity index (χ1) is 39.6. The van der Waals surface area contributed by atoms with E-state index in [1.807, 2.05) is 0 Å². The molecule has 3 N–H and O–H groups in total. The summed E-state index contributed by atoms with van der Waals surface area (Å²) in [4.78, 5) is 51.3. The Kier molecular flexibility index (Phi) is 52.6. The van der Waals surface area contributed by atoms with Crippen molar-refractivity contribution in [2.24, 2.45) is 0 Å². The topological polar surface area (TPSA) is 175 Å². The molecule has 466 valence electrons. The number of carboxylic acids is 1. The van der Waals surface area contributed by atoms with Gasteiger partial charge in [0.25, 0.3) is 0 Å². The van der Waals surface area contributed by atoms with E-state index < -0.39 is 67.3 Å². The van der Waals surface area contributed by atoms with Gasteiger partial charge < -0.3 is 39.0 Å². The normalized spacial score (nSPS) is 18.2. The first-order valence-corrected chi connectivity index (χ1v) is 32.9. The number of hydrogen-bond acceptors (Lipinski definition) is 11. The standard InChI is InChI=1S/C69H118O12/c1-4-7-10-13-16-19-22-25-27-29-31-33-35-38-40-43-46-49-52-55-61(70)77-58-60(79-62(71)56-53-50-47-44-41-37-24-21-18-15-12-9-6-3)59-78-69-67(65(74)64(73)66(81-69)68(75)76)80-63(72)57-54-51-48-45-42-39-36-34-32-30-28-26-23-20-17-14-11-8-5-2/h16-17,19-21,24-28,31,33,60,64-67,69,73-74H,4-15,18,22-23,29-30,32,34-59H2,1-3H3,(H,75,76)/b19-16-,20-17-,24-21-,27-25-,28-26-,33-31-. The minimum Gasteiger partial charge on any atom is -0.479 e. The molecule has 0 aromatic carbocycles. The predicted molar refractivity (Wildman–Crippen MR) is 331 cm³/mol. The van der Waals surface area contributed by atoms with E-state index in [0.29, 0.717) is 19.3 Å². The largest absolute Gasteiger partial charge is 0.479 e. The quantitative estimate of drug-likeness (QED) is 0.0228. The minimum absolute atomic E-state index is 0.0524. The maximum absolute atomic E-state index is 13.2. The highest BCUT2D eigenvalue weighted by molar-refractivity contribution is 5.74. The van der Waals surface area contributed by atoms with Gasteiger partial charge in [0.1, 0.15) is 18.8 Å². The number of carbonyl (C=O) groups is 4. The summed E-state index contributed by atoms with van der Waals surface area (Å²) in [5.41, 5.74) is 0. The van der Waals surface area contributed by atoms with Crippen molar-refractivity contribution in [3.63, 3.8) is 0 Å². The highest BCUT2D eigenvalue weighted by Gasteiger charge is 2.50. The average molecular weight is 1140 g/mol. The van der Waals surface area contributed by atoms with Crippen LogP contribution in [0.5, 0.6) is 0 Å². The number of carbonyl (C=O) groups excluding carboxylic acids is 3. The Morgan fingerprint density at radius 3 is 1.16 bits per heavy atom. The van der Waals surface area contributed by atoms with Gasteiger partial charge in [-0.2, -0.15) is 0 Å². The summed E-state index contributed by atoms with van der Waals surface area (Å²) in [5, 5.41) is 31.6. The van der Waals surface area contributed by atoms with Crippen LogP contribution in [0.4, 0.5) is 0 Å². The molecular formula is C69H118O12. The van der Waals surface area contributed by atoms with Crippen LogP contribution in [0, 0.1) is 0 Å². The number of aliphatic hydroxyl groups excluding tert-OH is 2. The third-order valence-electron chi connectivity index (χ3n) is 14.7. The van der Waals surface area contributed by atoms with Crippen molar-refractivity contribution in [1.82, 2.24) is 0 Å². The van der Waals surface area contributed by atoms with Crippen molar-refractivity contribution in [3.05, 3.63) is 72.9 Å². The third kappa shape index (κ3) is 46.3. The molecule has 0 aromatic rings. The summed E-state index contributed by atoms with van der Waals surface area (Å²) >= 11 is 0. The van der Waals surface area contributed by atoms with Crippen molar-refractivity contribution in [2.45, 2.75) is 327 Å². The van der Waals surface area contributed by atoms with Crippen molar-refractivity contribution >= 4 is 23.9 Å². The van der Waals surface area contributed by atoms with Crippen molar-refractivity contribution in [3.8, 4) is 0 Å². The van der Waals surface area contributed by atoms with Crippen molar-refractivity contribution in [1.29, 1.82) is 0 Å². The van der Waals surface area contributed by atoms with E-state index in [1.54, 1.807) is 0 Å². The Hall–Kier alpha value is -3.84. The lowest BCUT2D eigenvalue weighted by Gasteiger charge is -2.40. The second kappa shape index (κ2) is 56.6. The SMILES string of the molecule is CCCCC/C=C\C/C=C\C/C=C\CCCCCCCCC(=O)OCC(COC1OC(C(=O)O)C(O)C(O)C1OC(=O)CCCCCCCCCCC/C=C\C/C=C\CCCCC)OC(=O)CCCCCCC/C=C\CCCCCC. The Labute approximate surface area is 493 Å². The van der Waals surface area contributed by atoms with Crippen LogP contribution in [0.1, 0.15) is 290 Å². The number of carboxylic acid groups (broad SMARTS) is 1. The number of rotatable bonds is 56.